The second kappa shape index (κ2) is 6.00. The van der Waals surface area contributed by atoms with Crippen molar-refractivity contribution in [1.29, 1.82) is 0 Å². The van der Waals surface area contributed by atoms with Crippen LogP contribution in [0.5, 0.6) is 5.75 Å². The molecule has 0 aromatic heterocycles. The Hall–Kier alpha value is -2.12. The summed E-state index contributed by atoms with van der Waals surface area (Å²) in [5.74, 6) is 5.52. The number of fused-ring (bicyclic) bond motifs is 5. The Labute approximate surface area is 147 Å². The first-order valence-electron chi connectivity index (χ1n) is 8.94. The van der Waals surface area contributed by atoms with Crippen LogP contribution in [0.15, 0.2) is 18.2 Å². The summed E-state index contributed by atoms with van der Waals surface area (Å²) < 4.78 is 11.5. The molecule has 3 unspecified atom stereocenters. The molecule has 0 radical (unpaired) electrons. The third-order valence-electron chi connectivity index (χ3n) is 6.04. The van der Waals surface area contributed by atoms with Crippen LogP contribution in [0.3, 0.4) is 0 Å². The van der Waals surface area contributed by atoms with Gasteiger partial charge in [0.05, 0.1) is 31.2 Å². The lowest BCUT2D eigenvalue weighted by atomic mass is 9.74. The van der Waals surface area contributed by atoms with E-state index >= 15 is 0 Å². The van der Waals surface area contributed by atoms with Gasteiger partial charge in [0.25, 0.3) is 0 Å². The van der Waals surface area contributed by atoms with E-state index in [2.05, 4.69) is 18.8 Å². The third-order valence-corrected chi connectivity index (χ3v) is 6.04. The smallest absolute Gasteiger partial charge is 0.154 e. The number of carbonyl (C=O) groups excluding carboxylic acids is 2. The third kappa shape index (κ3) is 2.26. The van der Waals surface area contributed by atoms with Gasteiger partial charge in [-0.25, -0.2) is 0 Å². The van der Waals surface area contributed by atoms with Gasteiger partial charge in [0.15, 0.2) is 11.6 Å². The summed E-state index contributed by atoms with van der Waals surface area (Å²) in [7, 11) is 1.56. The van der Waals surface area contributed by atoms with Crippen LogP contribution in [0.2, 0.25) is 0 Å². The number of methoxy groups -OCH3 is 1. The lowest BCUT2D eigenvalue weighted by molar-refractivity contribution is -0.127. The van der Waals surface area contributed by atoms with Crippen molar-refractivity contribution in [2.45, 2.75) is 44.8 Å². The van der Waals surface area contributed by atoms with Gasteiger partial charge in [-0.15, -0.1) is 5.92 Å². The number of carbonyl (C=O) groups is 2. The fourth-order valence-electron chi connectivity index (χ4n) is 4.95. The SMILES string of the molecule is CC#Cc1ccc(C2C(=O)[C@@H]3C4OC(C[C@@H]4CC)[C@@H]3C2=O)c(OC)c1. The first-order chi connectivity index (χ1) is 12.1. The van der Waals surface area contributed by atoms with Gasteiger partial charge in [-0.3, -0.25) is 9.59 Å². The number of benzene rings is 1. The van der Waals surface area contributed by atoms with Crippen molar-refractivity contribution in [2.24, 2.45) is 17.8 Å². The topological polar surface area (TPSA) is 52.6 Å². The lowest BCUT2D eigenvalue weighted by Gasteiger charge is -2.24. The summed E-state index contributed by atoms with van der Waals surface area (Å²) in [5.41, 5.74) is 1.48. The molecule has 2 heterocycles. The summed E-state index contributed by atoms with van der Waals surface area (Å²) in [5, 5.41) is 0. The fourth-order valence-corrected chi connectivity index (χ4v) is 4.95. The monoisotopic (exact) mass is 338 g/mol. The van der Waals surface area contributed by atoms with Crippen LogP contribution < -0.4 is 4.74 Å². The van der Waals surface area contributed by atoms with E-state index in [4.69, 9.17) is 9.47 Å². The van der Waals surface area contributed by atoms with Gasteiger partial charge < -0.3 is 9.47 Å². The van der Waals surface area contributed by atoms with Gasteiger partial charge in [0, 0.05) is 11.1 Å². The molecule has 0 N–H and O–H groups in total. The quantitative estimate of drug-likeness (QED) is 0.628. The van der Waals surface area contributed by atoms with Gasteiger partial charge in [-0.2, -0.15) is 0 Å². The maximum atomic E-state index is 13.1. The molecule has 4 heteroatoms. The zero-order chi connectivity index (χ0) is 17.7. The molecule has 1 saturated carbocycles. The van der Waals surface area contributed by atoms with E-state index in [0.29, 0.717) is 17.2 Å². The van der Waals surface area contributed by atoms with Crippen molar-refractivity contribution in [1.82, 2.24) is 0 Å². The highest BCUT2D eigenvalue weighted by molar-refractivity contribution is 6.17. The molecule has 2 bridgehead atoms. The zero-order valence-corrected chi connectivity index (χ0v) is 14.7. The molecule has 4 rings (SSSR count). The molecule has 2 saturated heterocycles. The second-order valence-corrected chi connectivity index (χ2v) is 7.16. The van der Waals surface area contributed by atoms with Crippen LogP contribution in [-0.2, 0) is 14.3 Å². The van der Waals surface area contributed by atoms with E-state index in [1.807, 2.05) is 12.1 Å². The van der Waals surface area contributed by atoms with Crippen LogP contribution in [0, 0.1) is 29.6 Å². The highest BCUT2D eigenvalue weighted by atomic mass is 16.5. The maximum absolute atomic E-state index is 13.1. The first-order valence-corrected chi connectivity index (χ1v) is 8.94. The standard InChI is InChI=1S/C21H22O4/c1-4-6-11-7-8-13(14(9-11)24-3)16-19(22)17-15-10-12(5-2)21(25-15)18(17)20(16)23/h7-9,12,15-18,21H,5,10H2,1-3H3/t12-,15?,16?,17-,18+,21?/m0/s1. The van der Waals surface area contributed by atoms with Crippen LogP contribution in [-0.4, -0.2) is 30.9 Å². The molecular formula is C21H22O4. The molecule has 4 nitrogen and oxygen atoms in total. The molecule has 25 heavy (non-hydrogen) atoms. The van der Waals surface area contributed by atoms with Crippen LogP contribution in [0.25, 0.3) is 0 Å². The van der Waals surface area contributed by atoms with E-state index in [1.54, 1.807) is 20.1 Å². The number of Topliss-reactive ketones (excluding diaryl/α,β-unsaturated/α-hetero) is 2. The van der Waals surface area contributed by atoms with Crippen molar-refractivity contribution in [2.75, 3.05) is 7.11 Å². The summed E-state index contributed by atoms with van der Waals surface area (Å²) in [6, 6.07) is 5.48. The van der Waals surface area contributed by atoms with Crippen molar-refractivity contribution >= 4 is 11.6 Å². The van der Waals surface area contributed by atoms with Gasteiger partial charge in [-0.05, 0) is 31.4 Å². The normalized spacial score (nSPS) is 35.5. The maximum Gasteiger partial charge on any atom is 0.154 e. The van der Waals surface area contributed by atoms with E-state index in [1.165, 1.54) is 0 Å². The summed E-state index contributed by atoms with van der Waals surface area (Å²) in [4.78, 5) is 26.2. The highest BCUT2D eigenvalue weighted by Crippen LogP contribution is 2.55. The second-order valence-electron chi connectivity index (χ2n) is 7.16. The predicted molar refractivity (Wildman–Crippen MR) is 92.3 cm³/mol. The van der Waals surface area contributed by atoms with Crippen LogP contribution in [0.4, 0.5) is 0 Å². The van der Waals surface area contributed by atoms with E-state index in [-0.39, 0.29) is 35.6 Å². The summed E-state index contributed by atoms with van der Waals surface area (Å²) >= 11 is 0. The van der Waals surface area contributed by atoms with E-state index in [0.717, 1.165) is 18.4 Å². The zero-order valence-electron chi connectivity index (χ0n) is 14.7. The Kier molecular flexibility index (Phi) is 3.92. The molecular weight excluding hydrogens is 316 g/mol. The molecule has 130 valence electrons. The number of ketones is 2. The summed E-state index contributed by atoms with van der Waals surface area (Å²) in [6.07, 6.45) is 1.72. The number of hydrogen-bond acceptors (Lipinski definition) is 4. The minimum atomic E-state index is -0.724. The molecule has 0 amide bonds. The predicted octanol–water partition coefficient (Wildman–Crippen LogP) is 2.73. The minimum Gasteiger partial charge on any atom is -0.496 e. The van der Waals surface area contributed by atoms with Crippen molar-refractivity contribution in [3.8, 4) is 17.6 Å². The Morgan fingerprint density at radius 3 is 2.68 bits per heavy atom. The molecule has 3 fully saturated rings. The minimum absolute atomic E-state index is 0.00433. The van der Waals surface area contributed by atoms with Gasteiger partial charge >= 0.3 is 0 Å². The number of ether oxygens (including phenoxy) is 2. The van der Waals surface area contributed by atoms with Gasteiger partial charge in [0.2, 0.25) is 0 Å². The van der Waals surface area contributed by atoms with Crippen molar-refractivity contribution in [3.63, 3.8) is 0 Å². The van der Waals surface area contributed by atoms with Crippen molar-refractivity contribution < 1.29 is 19.1 Å². The van der Waals surface area contributed by atoms with E-state index in [9.17, 15) is 9.59 Å². The van der Waals surface area contributed by atoms with Crippen LogP contribution in [0.1, 0.15) is 43.7 Å². The first kappa shape index (κ1) is 16.4. The summed E-state index contributed by atoms with van der Waals surface area (Å²) in [6.45, 7) is 3.89. The molecule has 3 aliphatic rings. The molecule has 1 aromatic rings. The van der Waals surface area contributed by atoms with Crippen molar-refractivity contribution in [3.05, 3.63) is 29.3 Å². The average molecular weight is 338 g/mol. The van der Waals surface area contributed by atoms with Gasteiger partial charge in [-0.1, -0.05) is 25.3 Å². The molecule has 1 aliphatic carbocycles. The Bertz CT molecular complexity index is 800. The fraction of sp³-hybridized carbons (Fsp3) is 0.524. The van der Waals surface area contributed by atoms with Crippen LogP contribution >= 0.6 is 0 Å². The number of hydrogen-bond donors (Lipinski definition) is 0. The Morgan fingerprint density at radius 2 is 2.00 bits per heavy atom. The molecule has 6 atom stereocenters. The Balaban J connectivity index is 1.72. The van der Waals surface area contributed by atoms with E-state index < -0.39 is 5.92 Å². The molecule has 2 aliphatic heterocycles. The highest BCUT2D eigenvalue weighted by Gasteiger charge is 2.65. The number of rotatable bonds is 3. The average Bonchev–Trinajstić information content (AvgIpc) is 3.27. The lowest BCUT2D eigenvalue weighted by Crippen LogP contribution is -2.34. The molecule has 0 spiro atoms. The Morgan fingerprint density at radius 1 is 1.24 bits per heavy atom. The molecule has 1 aromatic carbocycles. The largest absolute Gasteiger partial charge is 0.496 e. The van der Waals surface area contributed by atoms with Gasteiger partial charge in [0.1, 0.15) is 11.7 Å².